The van der Waals surface area contributed by atoms with Crippen LogP contribution >= 0.6 is 0 Å². The van der Waals surface area contributed by atoms with E-state index in [2.05, 4.69) is 22.3 Å². The average molecular weight is 269 g/mol. The molecule has 1 unspecified atom stereocenters. The lowest BCUT2D eigenvalue weighted by molar-refractivity contribution is 0.0694. The van der Waals surface area contributed by atoms with Crippen molar-refractivity contribution in [3.05, 3.63) is 11.9 Å². The fourth-order valence-corrected chi connectivity index (χ4v) is 1.98. The highest BCUT2D eigenvalue weighted by Gasteiger charge is 2.16. The molecule has 0 aliphatic heterocycles. The van der Waals surface area contributed by atoms with E-state index in [1.54, 1.807) is 7.11 Å². The number of nitrogens with two attached hydrogens (primary N) is 1. The van der Waals surface area contributed by atoms with Crippen LogP contribution in [0.3, 0.4) is 0 Å². The number of methoxy groups -OCH3 is 1. The van der Waals surface area contributed by atoms with Gasteiger partial charge in [-0.2, -0.15) is 0 Å². The van der Waals surface area contributed by atoms with Crippen molar-refractivity contribution < 1.29 is 9.84 Å². The molecule has 0 aromatic carbocycles. The first kappa shape index (κ1) is 15.6. The molecule has 4 N–H and O–H groups in total. The van der Waals surface area contributed by atoms with Crippen LogP contribution in [-0.2, 0) is 11.2 Å². The third-order valence-corrected chi connectivity index (χ3v) is 2.76. The first-order chi connectivity index (χ1) is 9.13. The van der Waals surface area contributed by atoms with Gasteiger partial charge in [0.15, 0.2) is 0 Å². The first-order valence-corrected chi connectivity index (χ1v) is 6.32. The van der Waals surface area contributed by atoms with Crippen molar-refractivity contribution in [2.75, 3.05) is 37.6 Å². The van der Waals surface area contributed by atoms with E-state index in [4.69, 9.17) is 10.6 Å². The average Bonchev–Trinajstić information content (AvgIpc) is 2.39. The SMILES string of the molecule is CCCc1c(NN)ncnc1N(C)CC(O)COC. The molecule has 0 amide bonds. The van der Waals surface area contributed by atoms with Crippen LogP contribution in [0, 0.1) is 0 Å². The van der Waals surface area contributed by atoms with E-state index in [1.807, 2.05) is 11.9 Å². The Hall–Kier alpha value is -1.44. The molecule has 0 fully saturated rings. The Kier molecular flexibility index (Phi) is 6.48. The fourth-order valence-electron chi connectivity index (χ4n) is 1.98. The van der Waals surface area contributed by atoms with Gasteiger partial charge in [-0.3, -0.25) is 0 Å². The lowest BCUT2D eigenvalue weighted by Gasteiger charge is -2.24. The number of hydrazine groups is 1. The Morgan fingerprint density at radius 3 is 2.84 bits per heavy atom. The van der Waals surface area contributed by atoms with Crippen LogP contribution in [0.4, 0.5) is 11.6 Å². The van der Waals surface area contributed by atoms with Gasteiger partial charge in [0.25, 0.3) is 0 Å². The van der Waals surface area contributed by atoms with Gasteiger partial charge < -0.3 is 20.2 Å². The highest BCUT2D eigenvalue weighted by molar-refractivity contribution is 5.58. The van der Waals surface area contributed by atoms with E-state index < -0.39 is 6.10 Å². The molecule has 7 heteroatoms. The molecule has 7 nitrogen and oxygen atoms in total. The number of nitrogen functional groups attached to an aromatic ring is 1. The maximum atomic E-state index is 9.78. The third kappa shape index (κ3) is 4.30. The minimum Gasteiger partial charge on any atom is -0.389 e. The van der Waals surface area contributed by atoms with Gasteiger partial charge in [-0.1, -0.05) is 13.3 Å². The number of rotatable bonds is 8. The zero-order chi connectivity index (χ0) is 14.3. The van der Waals surface area contributed by atoms with Crippen LogP contribution in [0.25, 0.3) is 0 Å². The van der Waals surface area contributed by atoms with Gasteiger partial charge in [-0.05, 0) is 6.42 Å². The van der Waals surface area contributed by atoms with E-state index in [0.29, 0.717) is 19.0 Å². The van der Waals surface area contributed by atoms with Crippen LogP contribution in [0.5, 0.6) is 0 Å². The zero-order valence-electron chi connectivity index (χ0n) is 11.8. The topological polar surface area (TPSA) is 96.5 Å². The Morgan fingerprint density at radius 2 is 2.26 bits per heavy atom. The van der Waals surface area contributed by atoms with Gasteiger partial charge in [0.05, 0.1) is 12.7 Å². The summed E-state index contributed by atoms with van der Waals surface area (Å²) in [7, 11) is 3.44. The van der Waals surface area contributed by atoms with Crippen molar-refractivity contribution in [2.45, 2.75) is 25.9 Å². The van der Waals surface area contributed by atoms with E-state index >= 15 is 0 Å². The van der Waals surface area contributed by atoms with Crippen LogP contribution in [-0.4, -0.2) is 48.5 Å². The summed E-state index contributed by atoms with van der Waals surface area (Å²) in [5.41, 5.74) is 3.55. The highest BCUT2D eigenvalue weighted by Crippen LogP contribution is 2.23. The fraction of sp³-hybridized carbons (Fsp3) is 0.667. The number of aliphatic hydroxyl groups is 1. The summed E-state index contributed by atoms with van der Waals surface area (Å²) in [6.07, 6.45) is 2.68. The predicted molar refractivity (Wildman–Crippen MR) is 75.0 cm³/mol. The molecule has 1 aromatic heterocycles. The van der Waals surface area contributed by atoms with Crippen molar-refractivity contribution in [3.63, 3.8) is 0 Å². The molecule has 108 valence electrons. The Morgan fingerprint density at radius 1 is 1.53 bits per heavy atom. The maximum Gasteiger partial charge on any atom is 0.148 e. The number of nitrogens with one attached hydrogen (secondary N) is 1. The van der Waals surface area contributed by atoms with E-state index in [1.165, 1.54) is 6.33 Å². The first-order valence-electron chi connectivity index (χ1n) is 6.32. The Balaban J connectivity index is 2.91. The van der Waals surface area contributed by atoms with Crippen molar-refractivity contribution in [2.24, 2.45) is 5.84 Å². The summed E-state index contributed by atoms with van der Waals surface area (Å²) < 4.78 is 4.92. The molecular weight excluding hydrogens is 246 g/mol. The molecule has 0 saturated heterocycles. The summed E-state index contributed by atoms with van der Waals surface area (Å²) in [5.74, 6) is 6.87. The van der Waals surface area contributed by atoms with Gasteiger partial charge >= 0.3 is 0 Å². The number of ether oxygens (including phenoxy) is 1. The molecule has 1 heterocycles. The molecule has 0 aliphatic rings. The van der Waals surface area contributed by atoms with Gasteiger partial charge in [0.1, 0.15) is 18.0 Å². The second kappa shape index (κ2) is 7.88. The molecule has 0 bridgehead atoms. The molecule has 0 spiro atoms. The lowest BCUT2D eigenvalue weighted by atomic mass is 10.1. The quantitative estimate of drug-likeness (QED) is 0.457. The molecule has 0 aliphatic carbocycles. The van der Waals surface area contributed by atoms with Gasteiger partial charge in [-0.15, -0.1) is 0 Å². The van der Waals surface area contributed by atoms with Crippen molar-refractivity contribution >= 4 is 11.6 Å². The molecule has 1 atom stereocenters. The minimum atomic E-state index is -0.561. The number of aliphatic hydroxyl groups excluding tert-OH is 1. The second-order valence-electron chi connectivity index (χ2n) is 4.41. The summed E-state index contributed by atoms with van der Waals surface area (Å²) in [6.45, 7) is 2.81. The number of aromatic nitrogens is 2. The molecule has 0 radical (unpaired) electrons. The number of likely N-dealkylation sites (N-methyl/N-ethyl adjacent to an activating group) is 1. The van der Waals surface area contributed by atoms with Crippen LogP contribution in [0.1, 0.15) is 18.9 Å². The molecule has 19 heavy (non-hydrogen) atoms. The smallest absolute Gasteiger partial charge is 0.148 e. The number of nitrogens with zero attached hydrogens (tertiary/aromatic N) is 3. The molecule has 1 aromatic rings. The summed E-state index contributed by atoms with van der Waals surface area (Å²) in [6, 6.07) is 0. The summed E-state index contributed by atoms with van der Waals surface area (Å²) >= 11 is 0. The minimum absolute atomic E-state index is 0.292. The number of hydrogen-bond acceptors (Lipinski definition) is 7. The lowest BCUT2D eigenvalue weighted by Crippen LogP contribution is -2.33. The summed E-state index contributed by atoms with van der Waals surface area (Å²) in [5, 5.41) is 9.78. The van der Waals surface area contributed by atoms with Gasteiger partial charge in [0, 0.05) is 26.3 Å². The second-order valence-corrected chi connectivity index (χ2v) is 4.41. The van der Waals surface area contributed by atoms with Gasteiger partial charge in [-0.25, -0.2) is 15.8 Å². The monoisotopic (exact) mass is 269 g/mol. The Labute approximate surface area is 113 Å². The van der Waals surface area contributed by atoms with E-state index in [9.17, 15) is 5.11 Å². The summed E-state index contributed by atoms with van der Waals surface area (Å²) in [4.78, 5) is 10.3. The molecule has 1 rings (SSSR count). The number of hydrogen-bond donors (Lipinski definition) is 3. The van der Waals surface area contributed by atoms with Crippen molar-refractivity contribution in [1.29, 1.82) is 0 Å². The van der Waals surface area contributed by atoms with E-state index in [0.717, 1.165) is 24.2 Å². The normalized spacial score (nSPS) is 12.3. The maximum absolute atomic E-state index is 9.78. The standard InChI is InChI=1S/C12H23N5O2/c1-4-5-10-11(16-13)14-8-15-12(10)17(2)6-9(18)7-19-3/h8-9,18H,4-7,13H2,1-3H3,(H,14,15,16). The van der Waals surface area contributed by atoms with Crippen molar-refractivity contribution in [3.8, 4) is 0 Å². The zero-order valence-corrected chi connectivity index (χ0v) is 11.8. The molecular formula is C12H23N5O2. The van der Waals surface area contributed by atoms with Crippen LogP contribution < -0.4 is 16.2 Å². The van der Waals surface area contributed by atoms with Crippen molar-refractivity contribution in [1.82, 2.24) is 9.97 Å². The van der Waals surface area contributed by atoms with Gasteiger partial charge in [0.2, 0.25) is 0 Å². The largest absolute Gasteiger partial charge is 0.389 e. The van der Waals surface area contributed by atoms with Crippen LogP contribution in [0.2, 0.25) is 0 Å². The van der Waals surface area contributed by atoms with E-state index in [-0.39, 0.29) is 0 Å². The number of anilines is 2. The third-order valence-electron chi connectivity index (χ3n) is 2.76. The predicted octanol–water partition coefficient (Wildman–Crippen LogP) is 0.158. The van der Waals surface area contributed by atoms with Crippen LogP contribution in [0.15, 0.2) is 6.33 Å². The Bertz CT molecular complexity index is 388. The highest BCUT2D eigenvalue weighted by atomic mass is 16.5. The molecule has 0 saturated carbocycles.